The fourth-order valence-electron chi connectivity index (χ4n) is 1.74. The Morgan fingerprint density at radius 1 is 1.50 bits per heavy atom. The van der Waals surface area contributed by atoms with Gasteiger partial charge in [0.2, 0.25) is 0 Å². The lowest BCUT2D eigenvalue weighted by Crippen LogP contribution is -2.48. The van der Waals surface area contributed by atoms with Crippen molar-refractivity contribution >= 4 is 47.6 Å². The number of nitrogens with zero attached hydrogens (tertiary/aromatic N) is 2. The Labute approximate surface area is 133 Å². The Morgan fingerprint density at radius 3 is 2.85 bits per heavy atom. The molecule has 1 heterocycles. The van der Waals surface area contributed by atoms with Crippen molar-refractivity contribution in [2.45, 2.75) is 4.71 Å². The minimum atomic E-state index is -0.0773. The van der Waals surface area contributed by atoms with Crippen LogP contribution >= 0.6 is 36.0 Å². The molecule has 1 unspecified atom stereocenters. The van der Waals surface area contributed by atoms with Crippen LogP contribution in [0.15, 0.2) is 24.3 Å². The van der Waals surface area contributed by atoms with Crippen molar-refractivity contribution in [2.75, 3.05) is 31.6 Å². The first-order chi connectivity index (χ1) is 9.54. The van der Waals surface area contributed by atoms with Gasteiger partial charge in [0.25, 0.3) is 5.91 Å². The maximum Gasteiger partial charge on any atom is 0.252 e. The summed E-state index contributed by atoms with van der Waals surface area (Å²) < 4.78 is 0.196. The van der Waals surface area contributed by atoms with Gasteiger partial charge in [-0.1, -0.05) is 11.6 Å². The van der Waals surface area contributed by atoms with Crippen LogP contribution in [-0.2, 0) is 4.79 Å². The Morgan fingerprint density at radius 2 is 2.20 bits per heavy atom. The van der Waals surface area contributed by atoms with Crippen molar-refractivity contribution in [3.05, 3.63) is 29.3 Å². The highest BCUT2D eigenvalue weighted by atomic mass is 35.5. The van der Waals surface area contributed by atoms with Crippen molar-refractivity contribution in [1.82, 2.24) is 15.2 Å². The molecule has 5 nitrogen and oxygen atoms in total. The van der Waals surface area contributed by atoms with Gasteiger partial charge in [-0.25, -0.2) is 0 Å². The molecule has 1 saturated heterocycles. The van der Waals surface area contributed by atoms with E-state index in [0.717, 1.165) is 18.2 Å². The van der Waals surface area contributed by atoms with E-state index in [9.17, 15) is 4.79 Å². The van der Waals surface area contributed by atoms with E-state index in [2.05, 4.69) is 33.3 Å². The SMILES string of the molecule is CN1CN(CC(=O)NNc2ccc(Cl)cc2)CSC1S. The molecule has 0 saturated carbocycles. The number of hydrogen-bond donors (Lipinski definition) is 3. The van der Waals surface area contributed by atoms with Crippen LogP contribution in [0.1, 0.15) is 0 Å². The van der Waals surface area contributed by atoms with E-state index in [4.69, 9.17) is 11.6 Å². The molecule has 1 amide bonds. The monoisotopic (exact) mass is 332 g/mol. The standard InChI is InChI=1S/C12H17ClN4OS2/c1-16-7-17(8-20-12(16)19)6-11(18)15-14-10-4-2-9(13)3-5-10/h2-5,12,14,19H,6-8H2,1H3,(H,15,18). The zero-order chi connectivity index (χ0) is 14.5. The number of rotatable bonds is 4. The molecule has 0 radical (unpaired) electrons. The summed E-state index contributed by atoms with van der Waals surface area (Å²) in [5.41, 5.74) is 6.33. The molecular weight excluding hydrogens is 316 g/mol. The maximum absolute atomic E-state index is 11.9. The normalized spacial score (nSPS) is 20.6. The second kappa shape index (κ2) is 7.42. The molecule has 1 aromatic rings. The molecule has 1 aromatic carbocycles. The van der Waals surface area contributed by atoms with Crippen LogP contribution < -0.4 is 10.9 Å². The average molecular weight is 333 g/mol. The summed E-state index contributed by atoms with van der Waals surface area (Å²) in [6, 6.07) is 7.13. The second-order valence-electron chi connectivity index (χ2n) is 4.53. The third-order valence-electron chi connectivity index (χ3n) is 2.76. The van der Waals surface area contributed by atoms with E-state index in [1.54, 1.807) is 36.0 Å². The number of thioether (sulfide) groups is 1. The smallest absolute Gasteiger partial charge is 0.252 e. The van der Waals surface area contributed by atoms with Gasteiger partial charge in [0, 0.05) is 10.9 Å². The molecule has 0 bridgehead atoms. The van der Waals surface area contributed by atoms with E-state index in [0.29, 0.717) is 11.6 Å². The first-order valence-electron chi connectivity index (χ1n) is 6.07. The fourth-order valence-corrected chi connectivity index (χ4v) is 2.98. The van der Waals surface area contributed by atoms with Crippen LogP contribution in [0.3, 0.4) is 0 Å². The molecular formula is C12H17ClN4OS2. The molecule has 1 fully saturated rings. The zero-order valence-electron chi connectivity index (χ0n) is 11.0. The largest absolute Gasteiger partial charge is 0.299 e. The highest BCUT2D eigenvalue weighted by Crippen LogP contribution is 2.24. The summed E-state index contributed by atoms with van der Waals surface area (Å²) >= 11 is 11.9. The van der Waals surface area contributed by atoms with Gasteiger partial charge in [0.1, 0.15) is 4.71 Å². The van der Waals surface area contributed by atoms with Gasteiger partial charge in [-0.2, -0.15) is 0 Å². The number of amides is 1. The predicted molar refractivity (Wildman–Crippen MR) is 87.8 cm³/mol. The van der Waals surface area contributed by atoms with Crippen LogP contribution in [-0.4, -0.2) is 46.6 Å². The first kappa shape index (κ1) is 15.8. The summed E-state index contributed by atoms with van der Waals surface area (Å²) in [6.45, 7) is 1.08. The molecule has 1 aliphatic rings. The molecule has 1 aliphatic heterocycles. The Hall–Kier alpha value is -0.600. The van der Waals surface area contributed by atoms with Crippen molar-refractivity contribution in [3.8, 4) is 0 Å². The molecule has 110 valence electrons. The van der Waals surface area contributed by atoms with Crippen LogP contribution in [0.5, 0.6) is 0 Å². The topological polar surface area (TPSA) is 47.6 Å². The minimum absolute atomic E-state index is 0.0773. The molecule has 0 aliphatic carbocycles. The van der Waals surface area contributed by atoms with E-state index < -0.39 is 0 Å². The third-order valence-corrected chi connectivity index (χ3v) is 5.03. The first-order valence-corrected chi connectivity index (χ1v) is 8.01. The molecule has 1 atom stereocenters. The summed E-state index contributed by atoms with van der Waals surface area (Å²) in [5.74, 6) is 0.721. The number of carbonyl (C=O) groups excluding carboxylic acids is 1. The number of hydrazine groups is 1. The number of hydrogen-bond acceptors (Lipinski definition) is 6. The molecule has 2 N–H and O–H groups in total. The number of halogens is 1. The Kier molecular flexibility index (Phi) is 5.86. The zero-order valence-corrected chi connectivity index (χ0v) is 13.5. The molecule has 20 heavy (non-hydrogen) atoms. The van der Waals surface area contributed by atoms with Crippen molar-refractivity contribution < 1.29 is 4.79 Å². The van der Waals surface area contributed by atoms with Crippen LogP contribution in [0, 0.1) is 0 Å². The van der Waals surface area contributed by atoms with E-state index in [-0.39, 0.29) is 10.6 Å². The third kappa shape index (κ3) is 4.75. The van der Waals surface area contributed by atoms with Crippen LogP contribution in [0.25, 0.3) is 0 Å². The number of nitrogens with one attached hydrogen (secondary N) is 2. The van der Waals surface area contributed by atoms with Gasteiger partial charge in [0.15, 0.2) is 0 Å². The highest BCUT2D eigenvalue weighted by Gasteiger charge is 2.22. The van der Waals surface area contributed by atoms with Crippen molar-refractivity contribution in [3.63, 3.8) is 0 Å². The van der Waals surface area contributed by atoms with Crippen molar-refractivity contribution in [2.24, 2.45) is 0 Å². The van der Waals surface area contributed by atoms with E-state index in [1.807, 2.05) is 7.05 Å². The lowest BCUT2D eigenvalue weighted by molar-refractivity contribution is -0.122. The van der Waals surface area contributed by atoms with Gasteiger partial charge in [-0.05, 0) is 31.3 Å². The lowest BCUT2D eigenvalue weighted by atomic mass is 10.3. The quantitative estimate of drug-likeness (QED) is 0.580. The number of anilines is 1. The maximum atomic E-state index is 11.9. The van der Waals surface area contributed by atoms with Gasteiger partial charge >= 0.3 is 0 Å². The minimum Gasteiger partial charge on any atom is -0.299 e. The number of carbonyl (C=O) groups is 1. The van der Waals surface area contributed by atoms with Crippen LogP contribution in [0.2, 0.25) is 5.02 Å². The lowest BCUT2D eigenvalue weighted by Gasteiger charge is -2.36. The van der Waals surface area contributed by atoms with Gasteiger partial charge in [-0.3, -0.25) is 25.4 Å². The number of benzene rings is 1. The van der Waals surface area contributed by atoms with Gasteiger partial charge in [-0.15, -0.1) is 24.4 Å². The molecule has 8 heteroatoms. The highest BCUT2D eigenvalue weighted by molar-refractivity contribution is 8.10. The van der Waals surface area contributed by atoms with Crippen LogP contribution in [0.4, 0.5) is 5.69 Å². The summed E-state index contributed by atoms with van der Waals surface area (Å²) in [7, 11) is 1.99. The van der Waals surface area contributed by atoms with E-state index in [1.165, 1.54) is 0 Å². The summed E-state index contributed by atoms with van der Waals surface area (Å²) in [5, 5.41) is 0.663. The fraction of sp³-hybridized carbons (Fsp3) is 0.417. The Bertz CT molecular complexity index is 459. The number of thiol groups is 1. The van der Waals surface area contributed by atoms with Crippen molar-refractivity contribution in [1.29, 1.82) is 0 Å². The predicted octanol–water partition coefficient (Wildman–Crippen LogP) is 1.89. The van der Waals surface area contributed by atoms with Gasteiger partial charge < -0.3 is 0 Å². The summed E-state index contributed by atoms with van der Waals surface area (Å²) in [4.78, 5) is 16.0. The van der Waals surface area contributed by atoms with E-state index >= 15 is 0 Å². The Balaban J connectivity index is 1.74. The average Bonchev–Trinajstić information content (AvgIpc) is 2.42. The molecule has 0 aromatic heterocycles. The summed E-state index contributed by atoms with van der Waals surface area (Å²) in [6.07, 6.45) is 0. The molecule has 0 spiro atoms. The van der Waals surface area contributed by atoms with Gasteiger partial charge in [0.05, 0.1) is 18.9 Å². The molecule has 2 rings (SSSR count). The second-order valence-corrected chi connectivity index (χ2v) is 6.84.